The number of nitrogens with one attached hydrogen (secondary N) is 1. The minimum atomic E-state index is -5.46. The molecule has 0 aromatic heterocycles. The Morgan fingerprint density at radius 1 is 1.00 bits per heavy atom. The summed E-state index contributed by atoms with van der Waals surface area (Å²) in [5.74, 6) is -14.1. The van der Waals surface area contributed by atoms with Crippen LogP contribution in [-0.4, -0.2) is 31.6 Å². The lowest BCUT2D eigenvalue weighted by atomic mass is 10.2. The van der Waals surface area contributed by atoms with Crippen LogP contribution in [0.15, 0.2) is 35.2 Å². The number of carbonyl (C=O) groups is 1. The van der Waals surface area contributed by atoms with E-state index in [0.717, 1.165) is 6.92 Å². The second kappa shape index (κ2) is 8.84. The number of sulfonamides is 1. The Labute approximate surface area is 162 Å². The number of hydrogen-bond donors (Lipinski definition) is 2. The Morgan fingerprint density at radius 2 is 1.48 bits per heavy atom. The van der Waals surface area contributed by atoms with Crippen LogP contribution in [0.3, 0.4) is 0 Å². The molecule has 0 aliphatic carbocycles. The lowest BCUT2D eigenvalue weighted by molar-refractivity contribution is -0.149. The van der Waals surface area contributed by atoms with Crippen LogP contribution in [0, 0.1) is 29.1 Å². The van der Waals surface area contributed by atoms with E-state index in [-0.39, 0.29) is 6.61 Å². The zero-order chi connectivity index (χ0) is 21.9. The fourth-order valence-corrected chi connectivity index (χ4v) is 3.61. The van der Waals surface area contributed by atoms with Gasteiger partial charge in [-0.15, -0.1) is 0 Å². The molecular weight excluding hydrogens is 425 g/mol. The van der Waals surface area contributed by atoms with Crippen molar-refractivity contribution in [3.63, 3.8) is 0 Å². The standard InChI is InChI=1S/C17H14F5NO5S/c1-8(24)15(17(25)28-7-9-5-3-2-4-6-9)23-29(26,27)16-13(21)11(19)10(18)12(20)14(16)22/h2-6,8,15,23-24H,7H2,1H3/t8-,15+/m1/s1. The van der Waals surface area contributed by atoms with Gasteiger partial charge in [0.25, 0.3) is 0 Å². The van der Waals surface area contributed by atoms with Gasteiger partial charge in [0.05, 0.1) is 6.10 Å². The minimum absolute atomic E-state index is 0.326. The molecule has 0 spiro atoms. The molecule has 0 radical (unpaired) electrons. The molecule has 0 amide bonds. The number of aliphatic hydroxyl groups is 1. The maximum Gasteiger partial charge on any atom is 0.327 e. The third kappa shape index (κ3) is 4.89. The fourth-order valence-electron chi connectivity index (χ4n) is 2.21. The summed E-state index contributed by atoms with van der Waals surface area (Å²) in [6, 6.07) is 6.00. The number of carbonyl (C=O) groups excluding carboxylic acids is 1. The third-order valence-corrected chi connectivity index (χ3v) is 5.14. The highest BCUT2D eigenvalue weighted by atomic mass is 32.2. The number of aliphatic hydroxyl groups excluding tert-OH is 1. The Hall–Kier alpha value is -2.57. The lowest BCUT2D eigenvalue weighted by Crippen LogP contribution is -2.48. The van der Waals surface area contributed by atoms with Gasteiger partial charge < -0.3 is 9.84 Å². The van der Waals surface area contributed by atoms with Crippen LogP contribution in [0.4, 0.5) is 22.0 Å². The largest absolute Gasteiger partial charge is 0.460 e. The maximum absolute atomic E-state index is 13.8. The number of esters is 1. The molecule has 0 unspecified atom stereocenters. The summed E-state index contributed by atoms with van der Waals surface area (Å²) in [5, 5.41) is 9.66. The minimum Gasteiger partial charge on any atom is -0.460 e. The third-order valence-electron chi connectivity index (χ3n) is 3.68. The van der Waals surface area contributed by atoms with E-state index in [1.54, 1.807) is 30.3 Å². The Morgan fingerprint density at radius 3 is 1.97 bits per heavy atom. The van der Waals surface area contributed by atoms with Crippen molar-refractivity contribution >= 4 is 16.0 Å². The van der Waals surface area contributed by atoms with Gasteiger partial charge >= 0.3 is 5.97 Å². The Bertz CT molecular complexity index is 986. The quantitative estimate of drug-likeness (QED) is 0.299. The Balaban J connectivity index is 2.31. The summed E-state index contributed by atoms with van der Waals surface area (Å²) >= 11 is 0. The SMILES string of the molecule is C[C@@H](O)[C@H](NS(=O)(=O)c1c(F)c(F)c(F)c(F)c1F)C(=O)OCc1ccccc1. The first kappa shape index (κ1) is 22.7. The Kier molecular flexibility index (Phi) is 6.93. The van der Waals surface area contributed by atoms with Crippen LogP contribution >= 0.6 is 0 Å². The zero-order valence-electron chi connectivity index (χ0n) is 14.6. The van der Waals surface area contributed by atoms with Crippen molar-refractivity contribution in [3.05, 3.63) is 65.0 Å². The zero-order valence-corrected chi connectivity index (χ0v) is 15.4. The van der Waals surface area contributed by atoms with E-state index in [1.165, 1.54) is 4.72 Å². The first-order valence-electron chi connectivity index (χ1n) is 7.89. The predicted molar refractivity (Wildman–Crippen MR) is 88.3 cm³/mol. The van der Waals surface area contributed by atoms with Gasteiger partial charge in [0, 0.05) is 0 Å². The van der Waals surface area contributed by atoms with Gasteiger partial charge in [-0.1, -0.05) is 30.3 Å². The summed E-state index contributed by atoms with van der Waals surface area (Å²) in [4.78, 5) is 9.94. The smallest absolute Gasteiger partial charge is 0.327 e. The fraction of sp³-hybridized carbons (Fsp3) is 0.235. The van der Waals surface area contributed by atoms with Crippen molar-refractivity contribution in [2.45, 2.75) is 30.6 Å². The number of benzene rings is 2. The van der Waals surface area contributed by atoms with Crippen molar-refractivity contribution in [1.82, 2.24) is 4.72 Å². The van der Waals surface area contributed by atoms with Gasteiger partial charge in [-0.3, -0.25) is 4.79 Å². The van der Waals surface area contributed by atoms with E-state index < -0.39 is 62.1 Å². The van der Waals surface area contributed by atoms with Crippen LogP contribution in [0.1, 0.15) is 12.5 Å². The highest BCUT2D eigenvalue weighted by Crippen LogP contribution is 2.27. The molecule has 2 atom stereocenters. The molecule has 0 heterocycles. The number of hydrogen-bond acceptors (Lipinski definition) is 5. The topological polar surface area (TPSA) is 92.7 Å². The van der Waals surface area contributed by atoms with E-state index in [0.29, 0.717) is 5.56 Å². The molecule has 2 N–H and O–H groups in total. The first-order chi connectivity index (χ1) is 13.5. The molecular formula is C17H14F5NO5S. The van der Waals surface area contributed by atoms with Crippen LogP contribution in [-0.2, 0) is 26.2 Å². The average Bonchev–Trinajstić information content (AvgIpc) is 2.67. The molecule has 0 saturated carbocycles. The van der Waals surface area contributed by atoms with Crippen molar-refractivity contribution in [2.75, 3.05) is 0 Å². The second-order valence-corrected chi connectivity index (χ2v) is 7.48. The maximum atomic E-state index is 13.8. The summed E-state index contributed by atoms with van der Waals surface area (Å²) in [6.07, 6.45) is -1.77. The molecule has 29 heavy (non-hydrogen) atoms. The summed E-state index contributed by atoms with van der Waals surface area (Å²) in [7, 11) is -5.46. The van der Waals surface area contributed by atoms with Crippen LogP contribution in [0.5, 0.6) is 0 Å². The van der Waals surface area contributed by atoms with Gasteiger partial charge in [0.15, 0.2) is 28.2 Å². The second-order valence-electron chi connectivity index (χ2n) is 5.83. The molecule has 2 rings (SSSR count). The van der Waals surface area contributed by atoms with Gasteiger partial charge in [-0.25, -0.2) is 30.4 Å². The molecule has 158 valence electrons. The number of ether oxygens (including phenoxy) is 1. The van der Waals surface area contributed by atoms with Crippen molar-refractivity contribution in [1.29, 1.82) is 0 Å². The monoisotopic (exact) mass is 439 g/mol. The highest BCUT2D eigenvalue weighted by Gasteiger charge is 2.37. The van der Waals surface area contributed by atoms with Crippen molar-refractivity contribution in [2.24, 2.45) is 0 Å². The van der Waals surface area contributed by atoms with Gasteiger partial charge in [0.2, 0.25) is 15.8 Å². The molecule has 0 saturated heterocycles. The van der Waals surface area contributed by atoms with E-state index in [2.05, 4.69) is 0 Å². The normalized spacial score (nSPS) is 13.8. The average molecular weight is 439 g/mol. The lowest BCUT2D eigenvalue weighted by Gasteiger charge is -2.20. The van der Waals surface area contributed by atoms with E-state index in [1.807, 2.05) is 0 Å². The van der Waals surface area contributed by atoms with E-state index in [4.69, 9.17) is 4.74 Å². The van der Waals surface area contributed by atoms with Gasteiger partial charge in [0.1, 0.15) is 12.6 Å². The van der Waals surface area contributed by atoms with E-state index >= 15 is 0 Å². The highest BCUT2D eigenvalue weighted by molar-refractivity contribution is 7.89. The summed E-state index contributed by atoms with van der Waals surface area (Å²) in [6.45, 7) is 0.628. The van der Waals surface area contributed by atoms with Gasteiger partial charge in [-0.05, 0) is 12.5 Å². The summed E-state index contributed by atoms with van der Waals surface area (Å²) in [5.41, 5.74) is 0.507. The molecule has 0 aliphatic heterocycles. The summed E-state index contributed by atoms with van der Waals surface area (Å²) < 4.78 is 98.0. The van der Waals surface area contributed by atoms with Crippen molar-refractivity contribution < 1.29 is 45.0 Å². The van der Waals surface area contributed by atoms with Crippen LogP contribution < -0.4 is 4.72 Å². The molecule has 6 nitrogen and oxygen atoms in total. The van der Waals surface area contributed by atoms with Gasteiger partial charge in [-0.2, -0.15) is 4.72 Å². The van der Waals surface area contributed by atoms with Crippen LogP contribution in [0.2, 0.25) is 0 Å². The first-order valence-corrected chi connectivity index (χ1v) is 9.38. The van der Waals surface area contributed by atoms with Crippen molar-refractivity contribution in [3.8, 4) is 0 Å². The molecule has 0 bridgehead atoms. The predicted octanol–water partition coefficient (Wildman–Crippen LogP) is 2.15. The number of rotatable bonds is 7. The molecule has 0 aliphatic rings. The number of halogens is 5. The molecule has 2 aromatic rings. The molecule has 2 aromatic carbocycles. The molecule has 0 fully saturated rings. The van der Waals surface area contributed by atoms with Crippen LogP contribution in [0.25, 0.3) is 0 Å². The molecule has 12 heteroatoms. The van der Waals surface area contributed by atoms with E-state index in [9.17, 15) is 40.3 Å².